The molecule has 0 saturated carbocycles. The first kappa shape index (κ1) is 13.8. The molecule has 0 spiro atoms. The molecule has 21 heavy (non-hydrogen) atoms. The van der Waals surface area contributed by atoms with Gasteiger partial charge in [-0.15, -0.1) is 0 Å². The van der Waals surface area contributed by atoms with Crippen molar-refractivity contribution in [2.24, 2.45) is 0 Å². The van der Waals surface area contributed by atoms with Crippen molar-refractivity contribution in [1.29, 1.82) is 0 Å². The fourth-order valence-electron chi connectivity index (χ4n) is 2.16. The normalized spacial score (nSPS) is 10.8. The number of fused-ring (bicyclic) bond motifs is 1. The molecule has 0 fully saturated rings. The molecule has 3 rings (SSSR count). The lowest BCUT2D eigenvalue weighted by Gasteiger charge is -2.10. The topological polar surface area (TPSA) is 55.0 Å². The van der Waals surface area contributed by atoms with Crippen molar-refractivity contribution in [2.45, 2.75) is 0 Å². The Labute approximate surface area is 127 Å². The van der Waals surface area contributed by atoms with Crippen molar-refractivity contribution >= 4 is 26.8 Å². The van der Waals surface area contributed by atoms with Crippen molar-refractivity contribution in [1.82, 2.24) is 9.97 Å². The Morgan fingerprint density at radius 2 is 2.05 bits per heavy atom. The zero-order valence-corrected chi connectivity index (χ0v) is 12.6. The van der Waals surface area contributed by atoms with Gasteiger partial charge in [0, 0.05) is 4.47 Å². The van der Waals surface area contributed by atoms with Gasteiger partial charge in [0.25, 0.3) is 5.56 Å². The Morgan fingerprint density at radius 1 is 1.29 bits per heavy atom. The summed E-state index contributed by atoms with van der Waals surface area (Å²) in [5.74, 6) is -0.231. The summed E-state index contributed by atoms with van der Waals surface area (Å²) in [6.45, 7) is 0. The number of methoxy groups -OCH3 is 1. The van der Waals surface area contributed by atoms with Crippen LogP contribution in [0.3, 0.4) is 0 Å². The van der Waals surface area contributed by atoms with Crippen LogP contribution in [-0.4, -0.2) is 17.1 Å². The molecule has 2 aromatic carbocycles. The smallest absolute Gasteiger partial charge is 0.259 e. The lowest BCUT2D eigenvalue weighted by atomic mass is 10.1. The van der Waals surface area contributed by atoms with E-state index >= 15 is 0 Å². The van der Waals surface area contributed by atoms with Crippen LogP contribution in [-0.2, 0) is 0 Å². The average molecular weight is 349 g/mol. The quantitative estimate of drug-likeness (QED) is 0.771. The summed E-state index contributed by atoms with van der Waals surface area (Å²) in [5, 5.41) is 0.482. The molecule has 0 unspecified atom stereocenters. The first-order chi connectivity index (χ1) is 10.1. The van der Waals surface area contributed by atoms with Crippen LogP contribution >= 0.6 is 15.9 Å². The summed E-state index contributed by atoms with van der Waals surface area (Å²) in [4.78, 5) is 19.1. The van der Waals surface area contributed by atoms with Crippen LogP contribution in [0.4, 0.5) is 4.39 Å². The van der Waals surface area contributed by atoms with Gasteiger partial charge in [-0.2, -0.15) is 0 Å². The number of benzene rings is 2. The van der Waals surface area contributed by atoms with Crippen molar-refractivity contribution < 1.29 is 9.13 Å². The van der Waals surface area contributed by atoms with Crippen LogP contribution in [0.2, 0.25) is 0 Å². The van der Waals surface area contributed by atoms with Crippen LogP contribution in [0.1, 0.15) is 0 Å². The number of hydrogen-bond acceptors (Lipinski definition) is 3. The highest BCUT2D eigenvalue weighted by Gasteiger charge is 2.15. The van der Waals surface area contributed by atoms with Gasteiger partial charge in [0.15, 0.2) is 11.6 Å². The number of hydrogen-bond donors (Lipinski definition) is 1. The molecule has 1 N–H and O–H groups in total. The molecule has 0 bridgehead atoms. The Bertz CT molecular complexity index is 892. The maximum Gasteiger partial charge on any atom is 0.259 e. The van der Waals surface area contributed by atoms with E-state index in [0.717, 1.165) is 0 Å². The van der Waals surface area contributed by atoms with Gasteiger partial charge in [0.1, 0.15) is 5.82 Å². The number of halogens is 2. The Hall–Kier alpha value is -2.21. The lowest BCUT2D eigenvalue weighted by Crippen LogP contribution is -2.10. The second-order valence-electron chi connectivity index (χ2n) is 4.40. The zero-order chi connectivity index (χ0) is 15.0. The van der Waals surface area contributed by atoms with Crippen molar-refractivity contribution in [3.05, 3.63) is 57.0 Å². The number of ether oxygens (including phenoxy) is 1. The van der Waals surface area contributed by atoms with Gasteiger partial charge in [-0.3, -0.25) is 4.79 Å². The standard InChI is InChI=1S/C15H10BrFN2O2/c1-21-13-10(6-8(16)7-11(13)17)14-18-12-5-3-2-4-9(12)15(20)19-14/h2-7H,1H3,(H,18,19,20). The molecule has 0 amide bonds. The first-order valence-electron chi connectivity index (χ1n) is 6.12. The molecule has 0 atom stereocenters. The predicted octanol–water partition coefficient (Wildman–Crippen LogP) is 3.50. The van der Waals surface area contributed by atoms with Crippen LogP contribution in [0.5, 0.6) is 5.75 Å². The molecule has 106 valence electrons. The monoisotopic (exact) mass is 348 g/mol. The van der Waals surface area contributed by atoms with E-state index in [-0.39, 0.29) is 17.1 Å². The molecule has 0 aliphatic carbocycles. The van der Waals surface area contributed by atoms with E-state index in [0.29, 0.717) is 20.9 Å². The summed E-state index contributed by atoms with van der Waals surface area (Å²) in [7, 11) is 1.37. The van der Waals surface area contributed by atoms with Crippen molar-refractivity contribution in [2.75, 3.05) is 7.11 Å². The van der Waals surface area contributed by atoms with E-state index in [2.05, 4.69) is 25.9 Å². The van der Waals surface area contributed by atoms with Crippen molar-refractivity contribution in [3.63, 3.8) is 0 Å². The van der Waals surface area contributed by atoms with Gasteiger partial charge < -0.3 is 9.72 Å². The minimum absolute atomic E-state index is 0.0385. The highest BCUT2D eigenvalue weighted by molar-refractivity contribution is 9.10. The van der Waals surface area contributed by atoms with Gasteiger partial charge in [0.05, 0.1) is 23.6 Å². The van der Waals surface area contributed by atoms with Gasteiger partial charge in [-0.25, -0.2) is 9.37 Å². The van der Waals surface area contributed by atoms with Gasteiger partial charge in [-0.05, 0) is 24.3 Å². The van der Waals surface area contributed by atoms with E-state index in [9.17, 15) is 9.18 Å². The number of nitrogens with zero attached hydrogens (tertiary/aromatic N) is 1. The van der Waals surface area contributed by atoms with Gasteiger partial charge in [0.2, 0.25) is 0 Å². The Morgan fingerprint density at radius 3 is 2.81 bits per heavy atom. The molecule has 1 heterocycles. The minimum atomic E-state index is -0.530. The van der Waals surface area contributed by atoms with Crippen LogP contribution in [0.25, 0.3) is 22.3 Å². The molecule has 6 heteroatoms. The SMILES string of the molecule is COc1c(F)cc(Br)cc1-c1nc2ccccc2c(=O)[nH]1. The summed E-state index contributed by atoms with van der Waals surface area (Å²) in [6.07, 6.45) is 0. The average Bonchev–Trinajstić information content (AvgIpc) is 2.46. The number of aromatic amines is 1. The molecule has 0 radical (unpaired) electrons. The van der Waals surface area contributed by atoms with Crippen LogP contribution in [0, 0.1) is 5.82 Å². The highest BCUT2D eigenvalue weighted by atomic mass is 79.9. The Kier molecular flexibility index (Phi) is 3.47. The molecular formula is C15H10BrFN2O2. The maximum atomic E-state index is 13.9. The predicted molar refractivity (Wildman–Crippen MR) is 82.0 cm³/mol. The molecule has 0 aliphatic heterocycles. The third-order valence-corrected chi connectivity index (χ3v) is 3.54. The van der Waals surface area contributed by atoms with E-state index in [1.54, 1.807) is 30.3 Å². The minimum Gasteiger partial charge on any atom is -0.493 e. The molecule has 1 aromatic heterocycles. The first-order valence-corrected chi connectivity index (χ1v) is 6.92. The van der Waals surface area contributed by atoms with E-state index < -0.39 is 5.82 Å². The summed E-state index contributed by atoms with van der Waals surface area (Å²) >= 11 is 3.23. The van der Waals surface area contributed by atoms with E-state index in [1.165, 1.54) is 13.2 Å². The summed E-state index contributed by atoms with van der Waals surface area (Å²) in [6, 6.07) is 9.91. The zero-order valence-electron chi connectivity index (χ0n) is 11.0. The third kappa shape index (κ3) is 2.42. The van der Waals surface area contributed by atoms with Crippen LogP contribution in [0.15, 0.2) is 45.7 Å². The fourth-order valence-corrected chi connectivity index (χ4v) is 2.59. The fraction of sp³-hybridized carbons (Fsp3) is 0.0667. The van der Waals surface area contributed by atoms with Crippen LogP contribution < -0.4 is 10.3 Å². The molecule has 0 aliphatic rings. The number of H-pyrrole nitrogens is 1. The van der Waals surface area contributed by atoms with E-state index in [4.69, 9.17) is 4.74 Å². The van der Waals surface area contributed by atoms with E-state index in [1.807, 2.05) is 0 Å². The molecule has 4 nitrogen and oxygen atoms in total. The summed E-state index contributed by atoms with van der Waals surface area (Å²) < 4.78 is 19.6. The largest absolute Gasteiger partial charge is 0.493 e. The second kappa shape index (κ2) is 5.29. The second-order valence-corrected chi connectivity index (χ2v) is 5.32. The summed E-state index contributed by atoms with van der Waals surface area (Å²) in [5.41, 5.74) is 0.643. The number of para-hydroxylation sites is 1. The van der Waals surface area contributed by atoms with Gasteiger partial charge >= 0.3 is 0 Å². The molecule has 0 saturated heterocycles. The highest BCUT2D eigenvalue weighted by Crippen LogP contribution is 2.33. The molecule has 3 aromatic rings. The lowest BCUT2D eigenvalue weighted by molar-refractivity contribution is 0.388. The number of rotatable bonds is 2. The van der Waals surface area contributed by atoms with Gasteiger partial charge in [-0.1, -0.05) is 28.1 Å². The maximum absolute atomic E-state index is 13.9. The van der Waals surface area contributed by atoms with Crippen molar-refractivity contribution in [3.8, 4) is 17.1 Å². The third-order valence-electron chi connectivity index (χ3n) is 3.08. The Balaban J connectivity index is 2.33. The number of nitrogens with one attached hydrogen (secondary N) is 1. The number of aromatic nitrogens is 2. The molecular weight excluding hydrogens is 339 g/mol.